The summed E-state index contributed by atoms with van der Waals surface area (Å²) in [7, 11) is 0. The zero-order chi connectivity index (χ0) is 61.3. The van der Waals surface area contributed by atoms with Crippen LogP contribution in [0.25, 0.3) is 188 Å². The summed E-state index contributed by atoms with van der Waals surface area (Å²) in [5, 5.41) is 15.8. The predicted octanol–water partition coefficient (Wildman–Crippen LogP) is 21.3. The molecular formula is C85H51N9. The molecule has 21 aromatic rings. The van der Waals surface area contributed by atoms with Crippen molar-refractivity contribution in [1.29, 1.82) is 0 Å². The molecule has 0 aliphatic rings. The van der Waals surface area contributed by atoms with Gasteiger partial charge >= 0.3 is 0 Å². The van der Waals surface area contributed by atoms with E-state index in [2.05, 4.69) is 337 Å². The summed E-state index contributed by atoms with van der Waals surface area (Å²) >= 11 is 0. The molecule has 0 atom stereocenters. The first kappa shape index (κ1) is 51.0. The summed E-state index contributed by atoms with van der Waals surface area (Å²) in [5.41, 5.74) is 17.8. The molecule has 0 N–H and O–H groups in total. The lowest BCUT2D eigenvalue weighted by Crippen LogP contribution is -2.11. The second kappa shape index (κ2) is 19.3. The normalized spacial score (nSPS) is 12.3. The lowest BCUT2D eigenvalue weighted by atomic mass is 10.0. The van der Waals surface area contributed by atoms with E-state index in [0.29, 0.717) is 17.7 Å². The number of aromatic nitrogens is 9. The molecule has 0 saturated heterocycles. The summed E-state index contributed by atoms with van der Waals surface area (Å²) in [4.78, 5) is 18.0. The number of hydrogen-bond donors (Lipinski definition) is 0. The summed E-state index contributed by atoms with van der Waals surface area (Å²) < 4.78 is 14.7. The van der Waals surface area contributed by atoms with Gasteiger partial charge in [0.25, 0.3) is 0 Å². The number of nitrogens with zero attached hydrogens (tertiary/aromatic N) is 9. The fourth-order valence-electron chi connectivity index (χ4n) is 16.2. The van der Waals surface area contributed by atoms with Crippen molar-refractivity contribution < 1.29 is 0 Å². The SMILES string of the molecule is c1ccc(-n2c3ccccc3c3c4c5ccccc5n(-c5ccccc5)c4c4c(c5ccccc5n4-c4nc(-c5cccc6ccccc56)nc(-n5c6ccccc6c6c7c(c8ccccc8n7-c7ccccc7)c7c8ccccc8n(-c8ccccc8)c7c65)n4)c32)cc1. The van der Waals surface area contributed by atoms with Crippen LogP contribution in [0, 0.1) is 0 Å². The lowest BCUT2D eigenvalue weighted by Gasteiger charge is -2.16. The lowest BCUT2D eigenvalue weighted by molar-refractivity contribution is 0.894. The molecule has 0 aliphatic heterocycles. The molecule has 0 fully saturated rings. The van der Waals surface area contributed by atoms with Gasteiger partial charge in [-0.25, -0.2) is 0 Å². The van der Waals surface area contributed by atoms with E-state index in [1.807, 2.05) is 0 Å². The first-order chi connectivity index (χ1) is 46.7. The Morgan fingerprint density at radius 2 is 0.436 bits per heavy atom. The van der Waals surface area contributed by atoms with Crippen LogP contribution in [0.2, 0.25) is 0 Å². The third-order valence-electron chi connectivity index (χ3n) is 19.8. The number of rotatable bonds is 7. The highest BCUT2D eigenvalue weighted by atomic mass is 15.3. The largest absolute Gasteiger partial charge is 0.309 e. The van der Waals surface area contributed by atoms with Gasteiger partial charge in [0.15, 0.2) is 5.82 Å². The minimum Gasteiger partial charge on any atom is -0.309 e. The monoisotopic (exact) mass is 1200 g/mol. The molecule has 94 heavy (non-hydrogen) atoms. The molecule has 7 heterocycles. The van der Waals surface area contributed by atoms with Crippen molar-refractivity contribution in [1.82, 2.24) is 42.4 Å². The van der Waals surface area contributed by atoms with Crippen molar-refractivity contribution in [3.8, 4) is 46.0 Å². The summed E-state index contributed by atoms with van der Waals surface area (Å²) in [6, 6.07) is 112. The number of para-hydroxylation sites is 10. The molecule has 0 radical (unpaired) electrons. The van der Waals surface area contributed by atoms with E-state index in [1.165, 1.54) is 21.5 Å². The maximum Gasteiger partial charge on any atom is 0.240 e. The van der Waals surface area contributed by atoms with Gasteiger partial charge in [-0.2, -0.15) is 15.0 Å². The van der Waals surface area contributed by atoms with Crippen LogP contribution in [-0.4, -0.2) is 42.4 Å². The molecule has 0 saturated carbocycles. The quantitative estimate of drug-likeness (QED) is 0.160. The van der Waals surface area contributed by atoms with E-state index < -0.39 is 0 Å². The fourth-order valence-corrected chi connectivity index (χ4v) is 16.2. The third kappa shape index (κ3) is 6.82. The second-order valence-corrected chi connectivity index (χ2v) is 24.6. The van der Waals surface area contributed by atoms with Gasteiger partial charge < -0.3 is 18.3 Å². The van der Waals surface area contributed by atoms with Crippen molar-refractivity contribution >= 4 is 142 Å². The summed E-state index contributed by atoms with van der Waals surface area (Å²) in [5.74, 6) is 1.52. The molecule has 0 aliphatic carbocycles. The van der Waals surface area contributed by atoms with Gasteiger partial charge in [0.05, 0.1) is 66.2 Å². The zero-order valence-electron chi connectivity index (χ0n) is 50.5. The van der Waals surface area contributed by atoms with E-state index >= 15 is 0 Å². The molecule has 0 bridgehead atoms. The molecule has 9 heteroatoms. The minimum absolute atomic E-state index is 0.484. The smallest absolute Gasteiger partial charge is 0.240 e. The van der Waals surface area contributed by atoms with Crippen LogP contribution in [0.5, 0.6) is 0 Å². The zero-order valence-corrected chi connectivity index (χ0v) is 50.5. The standard InChI is InChI=1S/C85H51N9/c1-5-30-53(31-6-1)89-65-46-21-15-39-59(65)71-73-61-41-17-23-48-67(61)91(55-34-9-3-10-35-55)79(73)81-75(77(71)89)63-43-19-25-50-69(63)93(81)84-86-83(58-45-27-29-52-28-13-14-38-57(52)58)87-85(88-84)94-70-51-26-20-44-64(70)76-78-72(60-40-16-22-47-66(60)90(78)54-32-7-2-8-33-54)74-62-42-18-24-49-68(62)92(80(74)82(76)94)56-36-11-4-12-37-56/h1-51H. The van der Waals surface area contributed by atoms with Gasteiger partial charge in [0.1, 0.15) is 0 Å². The van der Waals surface area contributed by atoms with Gasteiger partial charge in [-0.1, -0.05) is 224 Å². The van der Waals surface area contributed by atoms with Crippen LogP contribution >= 0.6 is 0 Å². The van der Waals surface area contributed by atoms with Crippen molar-refractivity contribution in [3.63, 3.8) is 0 Å². The second-order valence-electron chi connectivity index (χ2n) is 24.6. The van der Waals surface area contributed by atoms with Crippen LogP contribution in [-0.2, 0) is 0 Å². The molecule has 436 valence electrons. The highest BCUT2D eigenvalue weighted by Crippen LogP contribution is 2.53. The molecule has 0 amide bonds. The van der Waals surface area contributed by atoms with Gasteiger partial charge in [-0.3, -0.25) is 9.13 Å². The molecule has 7 aromatic heterocycles. The van der Waals surface area contributed by atoms with Crippen molar-refractivity contribution in [2.75, 3.05) is 0 Å². The van der Waals surface area contributed by atoms with Crippen molar-refractivity contribution in [2.24, 2.45) is 0 Å². The maximum atomic E-state index is 6.13. The van der Waals surface area contributed by atoms with Gasteiger partial charge in [-0.15, -0.1) is 0 Å². The van der Waals surface area contributed by atoms with Crippen LogP contribution in [0.15, 0.2) is 309 Å². The Morgan fingerprint density at radius 3 is 0.798 bits per heavy atom. The van der Waals surface area contributed by atoms with E-state index in [1.54, 1.807) is 0 Å². The number of fused-ring (bicyclic) bond motifs is 25. The maximum absolute atomic E-state index is 6.13. The highest BCUT2D eigenvalue weighted by Gasteiger charge is 2.33. The van der Waals surface area contributed by atoms with Crippen molar-refractivity contribution in [2.45, 2.75) is 0 Å². The van der Waals surface area contributed by atoms with Crippen molar-refractivity contribution in [3.05, 3.63) is 309 Å². The highest BCUT2D eigenvalue weighted by molar-refractivity contribution is 6.42. The number of benzene rings is 14. The first-order valence-corrected chi connectivity index (χ1v) is 32.0. The van der Waals surface area contributed by atoms with Gasteiger partial charge in [0, 0.05) is 92.9 Å². The van der Waals surface area contributed by atoms with Gasteiger partial charge in [0.2, 0.25) is 11.9 Å². The van der Waals surface area contributed by atoms with Crippen LogP contribution in [0.1, 0.15) is 0 Å². The molecule has 0 spiro atoms. The first-order valence-electron chi connectivity index (χ1n) is 32.0. The molecule has 14 aromatic carbocycles. The van der Waals surface area contributed by atoms with E-state index in [9.17, 15) is 0 Å². The molecule has 0 unspecified atom stereocenters. The average molecular weight is 1200 g/mol. The summed E-state index contributed by atoms with van der Waals surface area (Å²) in [6.45, 7) is 0. The molecule has 21 rings (SSSR count). The van der Waals surface area contributed by atoms with Crippen LogP contribution in [0.4, 0.5) is 0 Å². The molecular weight excluding hydrogens is 1150 g/mol. The van der Waals surface area contributed by atoms with Gasteiger partial charge in [-0.05, 0) is 95.7 Å². The van der Waals surface area contributed by atoms with Crippen LogP contribution in [0.3, 0.4) is 0 Å². The Hall–Kier alpha value is -12.9. The molecule has 9 nitrogen and oxygen atoms in total. The van der Waals surface area contributed by atoms with E-state index in [-0.39, 0.29) is 0 Å². The van der Waals surface area contributed by atoms with E-state index in [4.69, 9.17) is 15.0 Å². The Balaban J connectivity index is 1.02. The fraction of sp³-hybridized carbons (Fsp3) is 0. The third-order valence-corrected chi connectivity index (χ3v) is 19.8. The summed E-state index contributed by atoms with van der Waals surface area (Å²) in [6.07, 6.45) is 0. The Labute approximate surface area is 536 Å². The Kier molecular flexibility index (Phi) is 10.5. The average Bonchev–Trinajstić information content (AvgIpc) is 1.51. The predicted molar refractivity (Wildman–Crippen MR) is 389 cm³/mol. The Morgan fingerprint density at radius 1 is 0.181 bits per heavy atom. The van der Waals surface area contributed by atoms with Crippen LogP contribution < -0.4 is 0 Å². The topological polar surface area (TPSA) is 68.2 Å². The minimum atomic E-state index is 0.484. The Bertz CT molecular complexity index is 6390. The van der Waals surface area contributed by atoms with E-state index in [0.717, 1.165) is 148 Å². The number of hydrogen-bond acceptors (Lipinski definition) is 3.